The summed E-state index contributed by atoms with van der Waals surface area (Å²) in [6.07, 6.45) is 1.83. The second kappa shape index (κ2) is 6.48. The largest absolute Gasteiger partial charge is 0.507 e. The molecular formula is C20H20N2O2S. The van der Waals surface area contributed by atoms with E-state index in [1.54, 1.807) is 17.4 Å². The van der Waals surface area contributed by atoms with Gasteiger partial charge >= 0.3 is 0 Å². The molecule has 0 unspecified atom stereocenters. The molecule has 4 rings (SSSR count). The topological polar surface area (TPSA) is 53.4 Å². The van der Waals surface area contributed by atoms with Gasteiger partial charge in [-0.25, -0.2) is 4.98 Å². The van der Waals surface area contributed by atoms with E-state index in [4.69, 9.17) is 4.98 Å². The molecule has 25 heavy (non-hydrogen) atoms. The number of phenols is 1. The fraction of sp³-hybridized carbons (Fsp3) is 0.300. The fourth-order valence-electron chi connectivity index (χ4n) is 3.40. The first-order valence-electron chi connectivity index (χ1n) is 8.57. The van der Waals surface area contributed by atoms with E-state index in [0.29, 0.717) is 24.6 Å². The zero-order chi connectivity index (χ0) is 17.4. The Hall–Kier alpha value is -2.40. The van der Waals surface area contributed by atoms with E-state index in [9.17, 15) is 9.90 Å². The summed E-state index contributed by atoms with van der Waals surface area (Å²) in [5, 5.41) is 11.3. The van der Waals surface area contributed by atoms with Gasteiger partial charge < -0.3 is 10.0 Å². The third-order valence-electron chi connectivity index (χ3n) is 4.91. The van der Waals surface area contributed by atoms with Crippen LogP contribution in [0, 0.1) is 6.92 Å². The maximum atomic E-state index is 12.7. The van der Waals surface area contributed by atoms with E-state index in [2.05, 4.69) is 12.1 Å². The molecule has 0 aliphatic carbocycles. The summed E-state index contributed by atoms with van der Waals surface area (Å²) in [6.45, 7) is 3.21. The van der Waals surface area contributed by atoms with Crippen molar-refractivity contribution in [3.8, 4) is 5.75 Å². The molecule has 0 radical (unpaired) electrons. The third kappa shape index (κ3) is 3.00. The van der Waals surface area contributed by atoms with Gasteiger partial charge in [0.25, 0.3) is 5.91 Å². The molecule has 0 spiro atoms. The third-order valence-corrected chi connectivity index (χ3v) is 6.11. The SMILES string of the molecule is Cc1cccc(C(=O)N2CCC(c3nc4ccccc4s3)CC2)c1O. The van der Waals surface area contributed by atoms with Crippen LogP contribution in [-0.2, 0) is 0 Å². The molecular weight excluding hydrogens is 332 g/mol. The van der Waals surface area contributed by atoms with Crippen molar-refractivity contribution in [2.75, 3.05) is 13.1 Å². The molecule has 1 amide bonds. The summed E-state index contributed by atoms with van der Waals surface area (Å²) in [7, 11) is 0. The summed E-state index contributed by atoms with van der Waals surface area (Å²) in [5.41, 5.74) is 2.19. The van der Waals surface area contributed by atoms with Gasteiger partial charge in [-0.3, -0.25) is 4.79 Å². The van der Waals surface area contributed by atoms with Crippen LogP contribution in [0.3, 0.4) is 0 Å². The van der Waals surface area contributed by atoms with Crippen LogP contribution in [-0.4, -0.2) is 34.0 Å². The zero-order valence-electron chi connectivity index (χ0n) is 14.1. The quantitative estimate of drug-likeness (QED) is 0.747. The number of aromatic nitrogens is 1. The highest BCUT2D eigenvalue weighted by molar-refractivity contribution is 7.18. The summed E-state index contributed by atoms with van der Waals surface area (Å²) in [5.74, 6) is 0.428. The zero-order valence-corrected chi connectivity index (χ0v) is 14.9. The number of piperidine rings is 1. The molecule has 0 bridgehead atoms. The minimum absolute atomic E-state index is 0.0797. The minimum atomic E-state index is -0.0797. The van der Waals surface area contributed by atoms with Crippen molar-refractivity contribution in [3.63, 3.8) is 0 Å². The Labute approximate surface area is 150 Å². The van der Waals surface area contributed by atoms with Gasteiger partial charge in [-0.05, 0) is 43.5 Å². The number of amides is 1. The van der Waals surface area contributed by atoms with Crippen molar-refractivity contribution in [2.24, 2.45) is 0 Å². The van der Waals surface area contributed by atoms with Crippen molar-refractivity contribution in [2.45, 2.75) is 25.7 Å². The monoisotopic (exact) mass is 352 g/mol. The molecule has 0 atom stereocenters. The first-order valence-corrected chi connectivity index (χ1v) is 9.38. The normalized spacial score (nSPS) is 15.6. The van der Waals surface area contributed by atoms with E-state index in [-0.39, 0.29) is 11.7 Å². The number of para-hydroxylation sites is 2. The van der Waals surface area contributed by atoms with E-state index >= 15 is 0 Å². The molecule has 4 nitrogen and oxygen atoms in total. The molecule has 2 aromatic carbocycles. The van der Waals surface area contributed by atoms with Crippen molar-refractivity contribution >= 4 is 27.5 Å². The first kappa shape index (κ1) is 16.1. The number of carbonyl (C=O) groups is 1. The Kier molecular flexibility index (Phi) is 4.17. The van der Waals surface area contributed by atoms with Crippen molar-refractivity contribution in [3.05, 3.63) is 58.6 Å². The van der Waals surface area contributed by atoms with Crippen LogP contribution in [0.1, 0.15) is 39.7 Å². The van der Waals surface area contributed by atoms with E-state index < -0.39 is 0 Å². The minimum Gasteiger partial charge on any atom is -0.507 e. The molecule has 1 fully saturated rings. The van der Waals surface area contributed by atoms with Crippen LogP contribution in [0.4, 0.5) is 0 Å². The Balaban J connectivity index is 1.47. The number of nitrogens with zero attached hydrogens (tertiary/aromatic N) is 2. The maximum Gasteiger partial charge on any atom is 0.257 e. The molecule has 1 N–H and O–H groups in total. The molecule has 128 valence electrons. The van der Waals surface area contributed by atoms with Crippen molar-refractivity contribution in [1.29, 1.82) is 0 Å². The summed E-state index contributed by atoms with van der Waals surface area (Å²) in [6, 6.07) is 13.5. The van der Waals surface area contributed by atoms with Gasteiger partial charge in [0, 0.05) is 19.0 Å². The Morgan fingerprint density at radius 3 is 2.68 bits per heavy atom. The predicted octanol–water partition coefficient (Wildman–Crippen LogP) is 4.33. The molecule has 1 aliphatic rings. The van der Waals surface area contributed by atoms with Crippen molar-refractivity contribution in [1.82, 2.24) is 9.88 Å². The Morgan fingerprint density at radius 2 is 1.92 bits per heavy atom. The lowest BCUT2D eigenvalue weighted by atomic mass is 9.96. The highest BCUT2D eigenvalue weighted by Crippen LogP contribution is 2.34. The Morgan fingerprint density at radius 1 is 1.16 bits per heavy atom. The molecule has 2 heterocycles. The predicted molar refractivity (Wildman–Crippen MR) is 100 cm³/mol. The van der Waals surface area contributed by atoms with Gasteiger partial charge in [0.05, 0.1) is 20.8 Å². The summed E-state index contributed by atoms with van der Waals surface area (Å²) >= 11 is 1.76. The number of phenolic OH excluding ortho intramolecular Hbond substituents is 1. The van der Waals surface area contributed by atoms with E-state index in [1.165, 1.54) is 9.71 Å². The lowest BCUT2D eigenvalue weighted by molar-refractivity contribution is 0.0710. The van der Waals surface area contributed by atoms with Crippen molar-refractivity contribution < 1.29 is 9.90 Å². The summed E-state index contributed by atoms with van der Waals surface area (Å²) in [4.78, 5) is 19.3. The molecule has 1 aliphatic heterocycles. The second-order valence-electron chi connectivity index (χ2n) is 6.56. The first-order chi connectivity index (χ1) is 12.1. The van der Waals surface area contributed by atoms with Gasteiger partial charge in [-0.1, -0.05) is 24.3 Å². The Bertz CT molecular complexity index is 893. The van der Waals surface area contributed by atoms with Crippen LogP contribution in [0.25, 0.3) is 10.2 Å². The van der Waals surface area contributed by atoms with Gasteiger partial charge in [0.1, 0.15) is 5.75 Å². The van der Waals surface area contributed by atoms with E-state index in [1.807, 2.05) is 36.1 Å². The molecule has 5 heteroatoms. The van der Waals surface area contributed by atoms with Gasteiger partial charge in [0.15, 0.2) is 0 Å². The fourth-order valence-corrected chi connectivity index (χ4v) is 4.53. The van der Waals surface area contributed by atoms with Gasteiger partial charge in [-0.15, -0.1) is 11.3 Å². The lowest BCUT2D eigenvalue weighted by Crippen LogP contribution is -2.38. The standard InChI is InChI=1S/C20H20N2O2S/c1-13-5-4-6-15(18(13)23)20(24)22-11-9-14(10-12-22)19-21-16-7-2-3-8-17(16)25-19/h2-8,14,23H,9-12H2,1H3. The number of rotatable bonds is 2. The molecule has 3 aromatic rings. The van der Waals surface area contributed by atoms with Crippen LogP contribution in [0.15, 0.2) is 42.5 Å². The maximum absolute atomic E-state index is 12.7. The number of hydrogen-bond donors (Lipinski definition) is 1. The number of aryl methyl sites for hydroxylation is 1. The number of thiazole rings is 1. The number of benzene rings is 2. The molecule has 1 aromatic heterocycles. The highest BCUT2D eigenvalue weighted by atomic mass is 32.1. The van der Waals surface area contributed by atoms with Crippen LogP contribution >= 0.6 is 11.3 Å². The average molecular weight is 352 g/mol. The second-order valence-corrected chi connectivity index (χ2v) is 7.62. The molecule has 1 saturated heterocycles. The smallest absolute Gasteiger partial charge is 0.257 e. The van der Waals surface area contributed by atoms with Crippen LogP contribution < -0.4 is 0 Å². The van der Waals surface area contributed by atoms with Gasteiger partial charge in [0.2, 0.25) is 0 Å². The summed E-state index contributed by atoms with van der Waals surface area (Å²) < 4.78 is 1.22. The van der Waals surface area contributed by atoms with E-state index in [0.717, 1.165) is 23.9 Å². The average Bonchev–Trinajstić information content (AvgIpc) is 3.08. The number of fused-ring (bicyclic) bond motifs is 1. The number of hydrogen-bond acceptors (Lipinski definition) is 4. The highest BCUT2D eigenvalue weighted by Gasteiger charge is 2.27. The van der Waals surface area contributed by atoms with Crippen LogP contribution in [0.5, 0.6) is 5.75 Å². The number of likely N-dealkylation sites (tertiary alicyclic amines) is 1. The molecule has 0 saturated carbocycles. The lowest BCUT2D eigenvalue weighted by Gasteiger charge is -2.31. The number of carbonyl (C=O) groups excluding carboxylic acids is 1. The van der Waals surface area contributed by atoms with Crippen LogP contribution in [0.2, 0.25) is 0 Å². The number of aromatic hydroxyl groups is 1. The van der Waals surface area contributed by atoms with Gasteiger partial charge in [-0.2, -0.15) is 0 Å².